The van der Waals surface area contributed by atoms with Crippen molar-refractivity contribution in [2.24, 2.45) is 0 Å². The Balaban J connectivity index is 2.92. The summed E-state index contributed by atoms with van der Waals surface area (Å²) in [7, 11) is 1.32. The molecule has 1 aromatic carbocycles. The van der Waals surface area contributed by atoms with E-state index in [1.165, 1.54) is 19.2 Å². The molecule has 0 atom stereocenters. The first-order valence-electron chi connectivity index (χ1n) is 5.26. The summed E-state index contributed by atoms with van der Waals surface area (Å²) in [5, 5.41) is 2.44. The molecular weight excluding hydrogens is 305 g/mol. The number of benzene rings is 1. The van der Waals surface area contributed by atoms with E-state index >= 15 is 0 Å². The predicted molar refractivity (Wildman–Crippen MR) is 70.5 cm³/mol. The Labute approximate surface area is 114 Å². The van der Waals surface area contributed by atoms with Crippen LogP contribution in [0.15, 0.2) is 16.6 Å². The molecule has 1 rings (SSSR count). The fourth-order valence-corrected chi connectivity index (χ4v) is 1.56. The van der Waals surface area contributed by atoms with Gasteiger partial charge in [-0.05, 0) is 48.8 Å². The summed E-state index contributed by atoms with van der Waals surface area (Å²) >= 11 is 3.04. The predicted octanol–water partition coefficient (Wildman–Crippen LogP) is 3.94. The average Bonchev–Trinajstić information content (AvgIpc) is 2.21. The zero-order chi connectivity index (χ0) is 13.9. The highest BCUT2D eigenvalue weighted by Crippen LogP contribution is 2.32. The number of anilines is 1. The summed E-state index contributed by atoms with van der Waals surface area (Å²) in [5.41, 5.74) is -0.405. The van der Waals surface area contributed by atoms with Crippen molar-refractivity contribution in [3.63, 3.8) is 0 Å². The summed E-state index contributed by atoms with van der Waals surface area (Å²) in [6.45, 7) is 5.23. The summed E-state index contributed by atoms with van der Waals surface area (Å²) in [5.74, 6) is -0.624. The minimum absolute atomic E-state index is 0.0461. The first-order chi connectivity index (χ1) is 8.24. The maximum absolute atomic E-state index is 13.7. The Bertz CT molecular complexity index is 457. The lowest BCUT2D eigenvalue weighted by atomic mass is 10.2. The highest BCUT2D eigenvalue weighted by molar-refractivity contribution is 9.10. The number of amides is 1. The molecule has 4 nitrogen and oxygen atoms in total. The molecule has 1 aromatic rings. The average molecular weight is 320 g/mol. The number of ether oxygens (including phenoxy) is 2. The van der Waals surface area contributed by atoms with Crippen LogP contribution in [0.1, 0.15) is 20.8 Å². The van der Waals surface area contributed by atoms with Gasteiger partial charge in [0.05, 0.1) is 17.3 Å². The third-order valence-electron chi connectivity index (χ3n) is 1.89. The van der Waals surface area contributed by atoms with Gasteiger partial charge >= 0.3 is 6.09 Å². The van der Waals surface area contributed by atoms with E-state index in [2.05, 4.69) is 21.2 Å². The molecule has 0 aliphatic rings. The number of hydrogen-bond donors (Lipinski definition) is 1. The van der Waals surface area contributed by atoms with E-state index in [9.17, 15) is 9.18 Å². The van der Waals surface area contributed by atoms with Crippen LogP contribution >= 0.6 is 15.9 Å². The van der Waals surface area contributed by atoms with Crippen LogP contribution in [-0.4, -0.2) is 18.8 Å². The Morgan fingerprint density at radius 2 is 2.00 bits per heavy atom. The maximum Gasteiger partial charge on any atom is 0.412 e. The van der Waals surface area contributed by atoms with Crippen molar-refractivity contribution >= 4 is 27.7 Å². The molecule has 1 amide bonds. The van der Waals surface area contributed by atoms with E-state index in [0.29, 0.717) is 0 Å². The molecule has 0 aromatic heterocycles. The highest BCUT2D eigenvalue weighted by Gasteiger charge is 2.19. The molecule has 0 fully saturated rings. The van der Waals surface area contributed by atoms with Gasteiger partial charge in [0, 0.05) is 0 Å². The molecule has 0 heterocycles. The van der Waals surface area contributed by atoms with Gasteiger partial charge in [0.2, 0.25) is 0 Å². The van der Waals surface area contributed by atoms with Gasteiger partial charge < -0.3 is 9.47 Å². The lowest BCUT2D eigenvalue weighted by Crippen LogP contribution is -2.27. The van der Waals surface area contributed by atoms with E-state index < -0.39 is 17.5 Å². The van der Waals surface area contributed by atoms with Gasteiger partial charge in [0.15, 0.2) is 11.6 Å². The van der Waals surface area contributed by atoms with Crippen LogP contribution < -0.4 is 10.1 Å². The van der Waals surface area contributed by atoms with Crippen LogP contribution in [0, 0.1) is 5.82 Å². The number of carbonyl (C=O) groups is 1. The van der Waals surface area contributed by atoms with Gasteiger partial charge in [0.1, 0.15) is 5.60 Å². The Morgan fingerprint density at radius 1 is 1.39 bits per heavy atom. The number of rotatable bonds is 2. The molecule has 0 saturated carbocycles. The van der Waals surface area contributed by atoms with E-state index in [0.717, 1.165) is 0 Å². The quantitative estimate of drug-likeness (QED) is 0.898. The Hall–Kier alpha value is -1.30. The lowest BCUT2D eigenvalue weighted by Gasteiger charge is -2.20. The van der Waals surface area contributed by atoms with Crippen LogP contribution in [0.25, 0.3) is 0 Å². The van der Waals surface area contributed by atoms with Gasteiger partial charge in [-0.2, -0.15) is 0 Å². The fourth-order valence-electron chi connectivity index (χ4n) is 1.24. The molecule has 1 N–H and O–H groups in total. The van der Waals surface area contributed by atoms with Crippen molar-refractivity contribution in [1.29, 1.82) is 0 Å². The molecule has 0 aliphatic heterocycles. The monoisotopic (exact) mass is 319 g/mol. The van der Waals surface area contributed by atoms with E-state index in [-0.39, 0.29) is 15.9 Å². The first kappa shape index (κ1) is 14.8. The topological polar surface area (TPSA) is 47.6 Å². The van der Waals surface area contributed by atoms with Crippen molar-refractivity contribution in [3.05, 3.63) is 22.4 Å². The molecular formula is C12H15BrFNO3. The van der Waals surface area contributed by atoms with Crippen LogP contribution in [-0.2, 0) is 4.74 Å². The number of nitrogens with one attached hydrogen (secondary N) is 1. The van der Waals surface area contributed by atoms with Gasteiger partial charge in [0.25, 0.3) is 0 Å². The Morgan fingerprint density at radius 3 is 2.50 bits per heavy atom. The van der Waals surface area contributed by atoms with E-state index in [1.807, 2.05) is 0 Å². The number of hydrogen-bond acceptors (Lipinski definition) is 3. The van der Waals surface area contributed by atoms with Gasteiger partial charge in [-0.1, -0.05) is 0 Å². The molecule has 0 radical (unpaired) electrons. The summed E-state index contributed by atoms with van der Waals surface area (Å²) in [6.07, 6.45) is -0.664. The minimum atomic E-state index is -0.664. The van der Waals surface area contributed by atoms with E-state index in [4.69, 9.17) is 9.47 Å². The largest absolute Gasteiger partial charge is 0.492 e. The van der Waals surface area contributed by atoms with Gasteiger partial charge in [-0.25, -0.2) is 9.18 Å². The van der Waals surface area contributed by atoms with Crippen molar-refractivity contribution < 1.29 is 18.7 Å². The molecule has 0 aliphatic carbocycles. The molecule has 0 saturated heterocycles. The lowest BCUT2D eigenvalue weighted by molar-refractivity contribution is 0.0635. The molecule has 0 bridgehead atoms. The van der Waals surface area contributed by atoms with Crippen molar-refractivity contribution in [2.75, 3.05) is 12.4 Å². The standard InChI is InChI=1S/C12H15BrFNO3/c1-12(2,3)18-11(16)15-8-6-5-7(13)9(14)10(8)17-4/h5-6H,1-4H3,(H,15,16). The smallest absolute Gasteiger partial charge is 0.412 e. The van der Waals surface area contributed by atoms with Crippen molar-refractivity contribution in [3.8, 4) is 5.75 Å². The number of carbonyl (C=O) groups excluding carboxylic acids is 1. The molecule has 0 unspecified atom stereocenters. The van der Waals surface area contributed by atoms with Crippen molar-refractivity contribution in [2.45, 2.75) is 26.4 Å². The van der Waals surface area contributed by atoms with Crippen LogP contribution in [0.2, 0.25) is 0 Å². The molecule has 100 valence electrons. The minimum Gasteiger partial charge on any atom is -0.492 e. The van der Waals surface area contributed by atoms with Crippen molar-refractivity contribution in [1.82, 2.24) is 0 Å². The Kier molecular flexibility index (Phi) is 4.56. The molecule has 18 heavy (non-hydrogen) atoms. The highest BCUT2D eigenvalue weighted by atomic mass is 79.9. The maximum atomic E-state index is 13.7. The summed E-state index contributed by atoms with van der Waals surface area (Å²) in [6, 6.07) is 3.00. The van der Waals surface area contributed by atoms with Crippen LogP contribution in [0.3, 0.4) is 0 Å². The fraction of sp³-hybridized carbons (Fsp3) is 0.417. The number of halogens is 2. The van der Waals surface area contributed by atoms with Crippen LogP contribution in [0.4, 0.5) is 14.9 Å². The van der Waals surface area contributed by atoms with Gasteiger partial charge in [-0.15, -0.1) is 0 Å². The molecule has 0 spiro atoms. The third-order valence-corrected chi connectivity index (χ3v) is 2.50. The zero-order valence-corrected chi connectivity index (χ0v) is 12.2. The van der Waals surface area contributed by atoms with Gasteiger partial charge in [-0.3, -0.25) is 5.32 Å². The SMILES string of the molecule is COc1c(NC(=O)OC(C)(C)C)ccc(Br)c1F. The zero-order valence-electron chi connectivity index (χ0n) is 10.6. The number of methoxy groups -OCH3 is 1. The second kappa shape index (κ2) is 5.56. The second-order valence-electron chi connectivity index (χ2n) is 4.57. The summed E-state index contributed by atoms with van der Waals surface area (Å²) < 4.78 is 23.9. The third kappa shape index (κ3) is 3.87. The first-order valence-corrected chi connectivity index (χ1v) is 6.06. The summed E-state index contributed by atoms with van der Waals surface area (Å²) in [4.78, 5) is 11.6. The van der Waals surface area contributed by atoms with E-state index in [1.54, 1.807) is 20.8 Å². The second-order valence-corrected chi connectivity index (χ2v) is 5.42. The normalized spacial score (nSPS) is 11.0. The molecule has 6 heteroatoms. The van der Waals surface area contributed by atoms with Crippen LogP contribution in [0.5, 0.6) is 5.75 Å².